The Morgan fingerprint density at radius 1 is 0.411 bits per heavy atom. The molecule has 2 heterocycles. The molecule has 0 fully saturated rings. The van der Waals surface area contributed by atoms with Gasteiger partial charge in [0, 0.05) is 48.5 Å². The molecule has 73 heavy (non-hydrogen) atoms. The maximum absolute atomic E-state index is 7.57. The highest BCUT2D eigenvalue weighted by atomic mass is 35.5. The van der Waals surface area contributed by atoms with Gasteiger partial charge in [-0.05, 0) is 146 Å². The third kappa shape index (κ3) is 10.0. The summed E-state index contributed by atoms with van der Waals surface area (Å²) >= 11 is 9.34. The van der Waals surface area contributed by atoms with Crippen molar-refractivity contribution in [3.63, 3.8) is 0 Å². The van der Waals surface area contributed by atoms with Crippen LogP contribution in [0.3, 0.4) is 0 Å². The summed E-state index contributed by atoms with van der Waals surface area (Å²) in [5.74, 6) is 1.01. The number of thiophene rings is 1. The third-order valence-corrected chi connectivity index (χ3v) is 15.5. The van der Waals surface area contributed by atoms with E-state index in [9.17, 15) is 0 Å². The molecule has 0 aliphatic heterocycles. The molecule has 0 saturated carbocycles. The summed E-state index contributed by atoms with van der Waals surface area (Å²) in [5.41, 5.74) is 17.0. The second-order valence-electron chi connectivity index (χ2n) is 23.8. The molecular formula is C68H68ClN3S. The SMILES string of the molecule is CC(C)(C)c1ccc(N(c2cc(Cl)cc(N(c3ccc(C(C)(C)C)cc3)c3cc4cc(C(C)(C)C)ccc4n3-c3ccc(C(C)(C)C)cc3-c3ccccc3)c2)c2csc3ccc(-c4ccccc4)cc23)cc1. The summed E-state index contributed by atoms with van der Waals surface area (Å²) < 4.78 is 3.70. The quantitative estimate of drug-likeness (QED) is 0.143. The third-order valence-electron chi connectivity index (χ3n) is 14.3. The van der Waals surface area contributed by atoms with E-state index in [1.807, 2.05) is 0 Å². The van der Waals surface area contributed by atoms with E-state index in [2.05, 4.69) is 291 Å². The molecule has 368 valence electrons. The Morgan fingerprint density at radius 3 is 1.49 bits per heavy atom. The minimum atomic E-state index is -0.0564. The molecule has 0 atom stereocenters. The van der Waals surface area contributed by atoms with E-state index in [0.29, 0.717) is 5.02 Å². The molecule has 2 aromatic heterocycles. The lowest BCUT2D eigenvalue weighted by Gasteiger charge is -2.31. The average molecular weight is 995 g/mol. The number of halogens is 1. The van der Waals surface area contributed by atoms with Gasteiger partial charge in [-0.1, -0.05) is 198 Å². The van der Waals surface area contributed by atoms with Crippen LogP contribution in [0.1, 0.15) is 105 Å². The zero-order chi connectivity index (χ0) is 51.6. The number of nitrogens with zero attached hydrogens (tertiary/aromatic N) is 3. The van der Waals surface area contributed by atoms with Gasteiger partial charge >= 0.3 is 0 Å². The maximum atomic E-state index is 7.57. The van der Waals surface area contributed by atoms with E-state index >= 15 is 0 Å². The lowest BCUT2D eigenvalue weighted by molar-refractivity contribution is 0.590. The number of hydrogen-bond donors (Lipinski definition) is 0. The standard InChI is InChI=1S/C68H68ClN3S/c1-65(2,3)49-24-30-54(31-25-49)70(62-44-73-63-36-23-47(38-59(62)63)45-19-15-13-16-20-45)56-41-53(69)42-57(43-56)71(55-32-26-50(27-33-55)66(4,5)6)64-39-48-37-51(67(7,8)9)28-34-60(48)72(64)61-35-29-52(68(10,11)12)40-58(61)46-21-17-14-18-22-46/h13-44H,1-12H3. The van der Waals surface area contributed by atoms with Gasteiger partial charge in [0.05, 0.1) is 22.6 Å². The number of benzene rings is 8. The molecule has 10 aromatic rings. The fraction of sp³-hybridized carbons (Fsp3) is 0.235. The first kappa shape index (κ1) is 49.7. The van der Waals surface area contributed by atoms with Crippen molar-refractivity contribution in [2.75, 3.05) is 9.80 Å². The number of aromatic nitrogens is 1. The Labute approximate surface area is 443 Å². The lowest BCUT2D eigenvalue weighted by Crippen LogP contribution is -2.17. The summed E-state index contributed by atoms with van der Waals surface area (Å²) in [6.07, 6.45) is 0. The highest BCUT2D eigenvalue weighted by Gasteiger charge is 2.28. The molecule has 5 heteroatoms. The predicted molar refractivity (Wildman–Crippen MR) is 319 cm³/mol. The van der Waals surface area contributed by atoms with Gasteiger partial charge in [0.15, 0.2) is 0 Å². The highest BCUT2D eigenvalue weighted by molar-refractivity contribution is 7.17. The Bertz CT molecular complexity index is 3590. The molecule has 8 aromatic carbocycles. The van der Waals surface area contributed by atoms with E-state index in [4.69, 9.17) is 11.6 Å². The second kappa shape index (κ2) is 18.9. The van der Waals surface area contributed by atoms with E-state index in [-0.39, 0.29) is 21.7 Å². The van der Waals surface area contributed by atoms with Crippen LogP contribution in [-0.2, 0) is 21.7 Å². The topological polar surface area (TPSA) is 11.4 Å². The molecule has 0 N–H and O–H groups in total. The van der Waals surface area contributed by atoms with Crippen molar-refractivity contribution in [3.8, 4) is 27.9 Å². The fourth-order valence-corrected chi connectivity index (χ4v) is 11.1. The van der Waals surface area contributed by atoms with Crippen molar-refractivity contribution in [1.82, 2.24) is 4.57 Å². The smallest absolute Gasteiger partial charge is 0.123 e. The monoisotopic (exact) mass is 993 g/mol. The zero-order valence-electron chi connectivity index (χ0n) is 44.6. The van der Waals surface area contributed by atoms with Crippen LogP contribution in [-0.4, -0.2) is 4.57 Å². The van der Waals surface area contributed by atoms with Crippen LogP contribution in [0.4, 0.5) is 34.3 Å². The Balaban J connectivity index is 1.26. The normalized spacial score (nSPS) is 12.5. The van der Waals surface area contributed by atoms with Crippen molar-refractivity contribution in [2.24, 2.45) is 0 Å². The van der Waals surface area contributed by atoms with Crippen LogP contribution in [0.2, 0.25) is 5.02 Å². The minimum Gasteiger partial charge on any atom is -0.309 e. The summed E-state index contributed by atoms with van der Waals surface area (Å²) in [5, 5.41) is 5.29. The summed E-state index contributed by atoms with van der Waals surface area (Å²) in [7, 11) is 0. The largest absolute Gasteiger partial charge is 0.309 e. The lowest BCUT2D eigenvalue weighted by atomic mass is 9.85. The first-order valence-electron chi connectivity index (χ1n) is 25.7. The van der Waals surface area contributed by atoms with Gasteiger partial charge in [-0.3, -0.25) is 9.47 Å². The molecule has 0 spiro atoms. The summed E-state index contributed by atoms with van der Waals surface area (Å²) in [6, 6.07) is 69.7. The van der Waals surface area contributed by atoms with Crippen LogP contribution in [0, 0.1) is 0 Å². The Morgan fingerprint density at radius 2 is 0.918 bits per heavy atom. The summed E-state index contributed by atoms with van der Waals surface area (Å²) in [6.45, 7) is 27.4. The second-order valence-corrected chi connectivity index (χ2v) is 25.2. The van der Waals surface area contributed by atoms with Crippen molar-refractivity contribution < 1.29 is 0 Å². The molecule has 0 aliphatic rings. The molecule has 3 nitrogen and oxygen atoms in total. The molecule has 0 unspecified atom stereocenters. The van der Waals surface area contributed by atoms with E-state index in [1.54, 1.807) is 11.3 Å². The van der Waals surface area contributed by atoms with Crippen molar-refractivity contribution in [2.45, 2.75) is 105 Å². The van der Waals surface area contributed by atoms with Gasteiger partial charge in [-0.25, -0.2) is 0 Å². The molecule has 10 rings (SSSR count). The van der Waals surface area contributed by atoms with Crippen LogP contribution in [0.25, 0.3) is 48.9 Å². The highest BCUT2D eigenvalue weighted by Crippen LogP contribution is 2.49. The number of rotatable bonds is 9. The average Bonchev–Trinajstić information content (AvgIpc) is 3.94. The van der Waals surface area contributed by atoms with E-state index in [0.717, 1.165) is 45.5 Å². The van der Waals surface area contributed by atoms with Gasteiger partial charge in [0.2, 0.25) is 0 Å². The molecule has 0 bridgehead atoms. The van der Waals surface area contributed by atoms with Crippen molar-refractivity contribution >= 4 is 78.2 Å². The molecule has 0 aliphatic carbocycles. The fourth-order valence-electron chi connectivity index (χ4n) is 10.0. The van der Waals surface area contributed by atoms with Gasteiger partial charge in [-0.15, -0.1) is 11.3 Å². The minimum absolute atomic E-state index is 0.00513. The molecular weight excluding hydrogens is 926 g/mol. The van der Waals surface area contributed by atoms with Crippen LogP contribution in [0.5, 0.6) is 0 Å². The Kier molecular flexibility index (Phi) is 12.9. The van der Waals surface area contributed by atoms with E-state index < -0.39 is 0 Å². The molecule has 0 saturated heterocycles. The van der Waals surface area contributed by atoms with E-state index in [1.165, 1.54) is 60.0 Å². The number of fused-ring (bicyclic) bond motifs is 2. The molecule has 0 amide bonds. The van der Waals surface area contributed by atoms with Gasteiger partial charge < -0.3 is 4.90 Å². The Hall–Kier alpha value is -6.85. The number of hydrogen-bond acceptors (Lipinski definition) is 3. The zero-order valence-corrected chi connectivity index (χ0v) is 46.2. The molecule has 0 radical (unpaired) electrons. The van der Waals surface area contributed by atoms with Crippen molar-refractivity contribution in [3.05, 3.63) is 221 Å². The maximum Gasteiger partial charge on any atom is 0.123 e. The van der Waals surface area contributed by atoms with Gasteiger partial charge in [-0.2, -0.15) is 0 Å². The van der Waals surface area contributed by atoms with Crippen LogP contribution < -0.4 is 9.80 Å². The number of anilines is 6. The van der Waals surface area contributed by atoms with Gasteiger partial charge in [0.1, 0.15) is 5.82 Å². The van der Waals surface area contributed by atoms with Crippen LogP contribution in [0.15, 0.2) is 193 Å². The first-order chi connectivity index (χ1) is 34.6. The van der Waals surface area contributed by atoms with Gasteiger partial charge in [0.25, 0.3) is 0 Å². The van der Waals surface area contributed by atoms with Crippen molar-refractivity contribution in [1.29, 1.82) is 0 Å². The predicted octanol–water partition coefficient (Wildman–Crippen LogP) is 21.0. The van der Waals surface area contributed by atoms with Crippen LogP contribution >= 0.6 is 22.9 Å². The first-order valence-corrected chi connectivity index (χ1v) is 26.9. The summed E-state index contributed by atoms with van der Waals surface area (Å²) in [4.78, 5) is 4.82.